The monoisotopic (exact) mass is 211 g/mol. The molecular weight excluding hydrogens is 202 g/mol. The quantitative estimate of drug-likeness (QED) is 0.699. The number of rotatable bonds is 2. The molecule has 0 aromatic heterocycles. The number of hydrazone groups is 1. The van der Waals surface area contributed by atoms with Crippen LogP contribution in [0.1, 0.15) is 12.8 Å². The number of thioether (sulfide) groups is 1. The molecule has 0 amide bonds. The molecule has 1 saturated carbocycles. The highest BCUT2D eigenvalue weighted by Crippen LogP contribution is 2.41. The molecule has 14 heavy (non-hydrogen) atoms. The van der Waals surface area contributed by atoms with E-state index in [0.29, 0.717) is 5.92 Å². The summed E-state index contributed by atoms with van der Waals surface area (Å²) in [4.78, 5) is 10.6. The molecule has 0 spiro atoms. The van der Waals surface area contributed by atoms with E-state index in [4.69, 9.17) is 5.11 Å². The second-order valence-corrected chi connectivity index (χ2v) is 4.66. The van der Waals surface area contributed by atoms with Gasteiger partial charge in [0.1, 0.15) is 10.7 Å². The molecule has 0 aromatic carbocycles. The van der Waals surface area contributed by atoms with E-state index in [1.807, 2.05) is 0 Å². The molecule has 6 heteroatoms. The lowest BCUT2D eigenvalue weighted by molar-refractivity contribution is -0.133. The van der Waals surface area contributed by atoms with Crippen molar-refractivity contribution < 1.29 is 9.90 Å². The van der Waals surface area contributed by atoms with Gasteiger partial charge in [-0.25, -0.2) is 9.80 Å². The zero-order valence-electron chi connectivity index (χ0n) is 7.30. The SMILES string of the molecule is O=C(O)C1=CN2N=C(C3CC3)SC2N1. The molecular formula is C8H9N3O2S. The minimum atomic E-state index is -0.928. The van der Waals surface area contributed by atoms with Gasteiger partial charge in [-0.15, -0.1) is 0 Å². The molecule has 1 aliphatic carbocycles. The van der Waals surface area contributed by atoms with Gasteiger partial charge >= 0.3 is 5.97 Å². The van der Waals surface area contributed by atoms with Gasteiger partial charge in [-0.05, 0) is 12.8 Å². The van der Waals surface area contributed by atoms with Crippen molar-refractivity contribution in [1.82, 2.24) is 10.3 Å². The van der Waals surface area contributed by atoms with E-state index in [1.54, 1.807) is 23.0 Å². The van der Waals surface area contributed by atoms with E-state index in [1.165, 1.54) is 12.8 Å². The first-order valence-corrected chi connectivity index (χ1v) is 5.37. The van der Waals surface area contributed by atoms with Gasteiger partial charge in [0.15, 0.2) is 5.50 Å². The summed E-state index contributed by atoms with van der Waals surface area (Å²) < 4.78 is 0. The number of carboxylic acid groups (broad SMARTS) is 1. The van der Waals surface area contributed by atoms with E-state index in [0.717, 1.165) is 5.04 Å². The lowest BCUT2D eigenvalue weighted by Crippen LogP contribution is -2.28. The Hall–Kier alpha value is -1.17. The van der Waals surface area contributed by atoms with Crippen LogP contribution in [0.25, 0.3) is 0 Å². The highest BCUT2D eigenvalue weighted by atomic mass is 32.2. The smallest absolute Gasteiger partial charge is 0.353 e. The minimum absolute atomic E-state index is 0.0308. The predicted octanol–water partition coefficient (Wildman–Crippen LogP) is 0.572. The Morgan fingerprint density at radius 2 is 2.50 bits per heavy atom. The second-order valence-electron chi connectivity index (χ2n) is 3.55. The maximum Gasteiger partial charge on any atom is 0.353 e. The first kappa shape index (κ1) is 8.16. The Morgan fingerprint density at radius 1 is 1.71 bits per heavy atom. The van der Waals surface area contributed by atoms with Crippen LogP contribution in [0.3, 0.4) is 0 Å². The average molecular weight is 211 g/mol. The van der Waals surface area contributed by atoms with Gasteiger partial charge in [-0.2, -0.15) is 5.10 Å². The van der Waals surface area contributed by atoms with Gasteiger partial charge in [0.2, 0.25) is 0 Å². The summed E-state index contributed by atoms with van der Waals surface area (Å²) in [7, 11) is 0. The van der Waals surface area contributed by atoms with Crippen LogP contribution in [-0.2, 0) is 4.79 Å². The third-order valence-corrected chi connectivity index (χ3v) is 3.60. The van der Waals surface area contributed by atoms with Gasteiger partial charge < -0.3 is 10.4 Å². The maximum absolute atomic E-state index is 10.6. The van der Waals surface area contributed by atoms with Crippen LogP contribution in [0.5, 0.6) is 0 Å². The maximum atomic E-state index is 10.6. The Bertz CT molecular complexity index is 362. The summed E-state index contributed by atoms with van der Waals surface area (Å²) in [5, 5.41) is 18.8. The zero-order chi connectivity index (χ0) is 9.71. The summed E-state index contributed by atoms with van der Waals surface area (Å²) in [5.41, 5.74) is 0.192. The average Bonchev–Trinajstić information content (AvgIpc) is 2.76. The van der Waals surface area contributed by atoms with Crippen molar-refractivity contribution in [2.75, 3.05) is 0 Å². The van der Waals surface area contributed by atoms with Crippen molar-refractivity contribution in [2.45, 2.75) is 18.3 Å². The van der Waals surface area contributed by atoms with Gasteiger partial charge in [-0.3, -0.25) is 0 Å². The minimum Gasteiger partial charge on any atom is -0.477 e. The summed E-state index contributed by atoms with van der Waals surface area (Å²) in [5.74, 6) is -0.294. The van der Waals surface area contributed by atoms with Crippen LogP contribution in [0.15, 0.2) is 17.0 Å². The van der Waals surface area contributed by atoms with Crippen molar-refractivity contribution in [3.05, 3.63) is 11.9 Å². The molecule has 3 aliphatic rings. The molecule has 0 saturated heterocycles. The van der Waals surface area contributed by atoms with Gasteiger partial charge in [0.05, 0.1) is 6.20 Å². The Labute approximate surface area is 84.8 Å². The molecule has 2 aliphatic heterocycles. The standard InChI is InChI=1S/C8H9N3O2S/c12-7(13)5-3-11-8(9-5)14-6(10-11)4-1-2-4/h3-4,8-9H,1-2H2,(H,12,13). The van der Waals surface area contributed by atoms with Crippen LogP contribution < -0.4 is 5.32 Å². The Kier molecular flexibility index (Phi) is 1.55. The van der Waals surface area contributed by atoms with Crippen molar-refractivity contribution in [2.24, 2.45) is 11.0 Å². The summed E-state index contributed by atoms with van der Waals surface area (Å²) in [6.45, 7) is 0. The lowest BCUT2D eigenvalue weighted by Gasteiger charge is -2.10. The first-order chi connectivity index (χ1) is 6.74. The van der Waals surface area contributed by atoms with E-state index >= 15 is 0 Å². The number of carboxylic acids is 1. The van der Waals surface area contributed by atoms with E-state index in [9.17, 15) is 4.79 Å². The third kappa shape index (κ3) is 1.18. The molecule has 0 radical (unpaired) electrons. The van der Waals surface area contributed by atoms with Gasteiger partial charge in [0.25, 0.3) is 0 Å². The molecule has 0 aromatic rings. The molecule has 1 unspecified atom stereocenters. The number of nitrogens with one attached hydrogen (secondary N) is 1. The topological polar surface area (TPSA) is 64.9 Å². The molecule has 1 fully saturated rings. The molecule has 0 bridgehead atoms. The molecule has 2 heterocycles. The lowest BCUT2D eigenvalue weighted by atomic mass is 10.5. The number of aliphatic carboxylic acids is 1. The summed E-state index contributed by atoms with van der Waals surface area (Å²) in [6, 6.07) is 0. The molecule has 1 atom stereocenters. The van der Waals surface area contributed by atoms with Crippen molar-refractivity contribution >= 4 is 22.8 Å². The van der Waals surface area contributed by atoms with Crippen LogP contribution in [-0.4, -0.2) is 26.6 Å². The Morgan fingerprint density at radius 3 is 3.07 bits per heavy atom. The third-order valence-electron chi connectivity index (χ3n) is 2.38. The molecule has 3 rings (SSSR count). The van der Waals surface area contributed by atoms with Gasteiger partial charge in [0, 0.05) is 5.92 Å². The molecule has 5 nitrogen and oxygen atoms in total. The van der Waals surface area contributed by atoms with Crippen molar-refractivity contribution in [3.8, 4) is 0 Å². The van der Waals surface area contributed by atoms with Crippen LogP contribution >= 0.6 is 11.8 Å². The molecule has 2 N–H and O–H groups in total. The Balaban J connectivity index is 1.79. The molecule has 74 valence electrons. The predicted molar refractivity (Wildman–Crippen MR) is 52.2 cm³/mol. The summed E-state index contributed by atoms with van der Waals surface area (Å²) >= 11 is 1.62. The van der Waals surface area contributed by atoms with Crippen LogP contribution in [0.2, 0.25) is 0 Å². The highest BCUT2D eigenvalue weighted by molar-refractivity contribution is 8.14. The fourth-order valence-electron chi connectivity index (χ4n) is 1.48. The number of nitrogens with zero attached hydrogens (tertiary/aromatic N) is 2. The number of fused-ring (bicyclic) bond motifs is 1. The fourth-order valence-corrected chi connectivity index (χ4v) is 2.68. The summed E-state index contributed by atoms with van der Waals surface area (Å²) in [6.07, 6.45) is 4.00. The van der Waals surface area contributed by atoms with E-state index in [-0.39, 0.29) is 11.2 Å². The number of hydrogen-bond donors (Lipinski definition) is 2. The normalized spacial score (nSPS) is 29.4. The largest absolute Gasteiger partial charge is 0.477 e. The van der Waals surface area contributed by atoms with Crippen molar-refractivity contribution in [1.29, 1.82) is 0 Å². The highest BCUT2D eigenvalue weighted by Gasteiger charge is 2.39. The zero-order valence-corrected chi connectivity index (χ0v) is 8.12. The van der Waals surface area contributed by atoms with Crippen molar-refractivity contribution in [3.63, 3.8) is 0 Å². The van der Waals surface area contributed by atoms with Crippen LogP contribution in [0, 0.1) is 5.92 Å². The second kappa shape index (κ2) is 2.66. The number of carbonyl (C=O) groups is 1. The first-order valence-electron chi connectivity index (χ1n) is 4.49. The van der Waals surface area contributed by atoms with E-state index < -0.39 is 5.97 Å². The number of hydrogen-bond acceptors (Lipinski definition) is 5. The van der Waals surface area contributed by atoms with Crippen LogP contribution in [0.4, 0.5) is 0 Å². The van der Waals surface area contributed by atoms with E-state index in [2.05, 4.69) is 10.4 Å². The van der Waals surface area contributed by atoms with Gasteiger partial charge in [-0.1, -0.05) is 11.8 Å². The fraction of sp³-hybridized carbons (Fsp3) is 0.500.